The lowest BCUT2D eigenvalue weighted by Crippen LogP contribution is -2.51. The van der Waals surface area contributed by atoms with Gasteiger partial charge in [-0.1, -0.05) is 115 Å². The van der Waals surface area contributed by atoms with E-state index in [9.17, 15) is 19.2 Å². The number of amides is 4. The fourth-order valence-electron chi connectivity index (χ4n) is 11.9. The van der Waals surface area contributed by atoms with Crippen LogP contribution in [0.1, 0.15) is 121 Å². The molecule has 9 rings (SSSR count). The normalized spacial score (nSPS) is 21.5. The van der Waals surface area contributed by atoms with Gasteiger partial charge in [0.15, 0.2) is 0 Å². The summed E-state index contributed by atoms with van der Waals surface area (Å²) < 4.78 is 9.66. The summed E-state index contributed by atoms with van der Waals surface area (Å²) in [6.45, 7) is 13.2. The number of fused-ring (bicyclic) bond motifs is 2. The molecule has 0 bridgehead atoms. The van der Waals surface area contributed by atoms with Crippen LogP contribution in [0.5, 0.6) is 0 Å². The van der Waals surface area contributed by atoms with Crippen LogP contribution in [0.4, 0.5) is 9.59 Å². The highest BCUT2D eigenvalue weighted by atomic mass is 16.5. The SMILES string of the molecule is COC(=O)NC(C(=O)N1CC(C)CC1c1ncc(-c2ccc(-c3ccc(-c4ccc(-c5cnc(C6CC(C)CN6C(=O)C(NC(=O)OC)C(C)C)[nH]5)cc4)c4c3CCC43CCCC3)cc2)[nH]1)C(C)C. The van der Waals surface area contributed by atoms with Gasteiger partial charge < -0.3 is 39.9 Å². The summed E-state index contributed by atoms with van der Waals surface area (Å²) in [5.41, 5.74) is 12.0. The Balaban J connectivity index is 0.942. The number of rotatable bonds is 12. The first kappa shape index (κ1) is 47.6. The van der Waals surface area contributed by atoms with Crippen LogP contribution in [0.2, 0.25) is 0 Å². The van der Waals surface area contributed by atoms with Crippen molar-refractivity contribution in [1.29, 1.82) is 0 Å². The zero-order valence-corrected chi connectivity index (χ0v) is 41.4. The molecule has 1 saturated carbocycles. The van der Waals surface area contributed by atoms with E-state index < -0.39 is 24.3 Å². The predicted octanol–water partition coefficient (Wildman–Crippen LogP) is 10.1. The summed E-state index contributed by atoms with van der Waals surface area (Å²) in [7, 11) is 2.61. The van der Waals surface area contributed by atoms with Crippen molar-refractivity contribution in [3.8, 4) is 44.8 Å². The van der Waals surface area contributed by atoms with Gasteiger partial charge in [0.25, 0.3) is 0 Å². The Hall–Kier alpha value is -6.44. The molecule has 2 aromatic heterocycles. The van der Waals surface area contributed by atoms with Crippen LogP contribution in [0.25, 0.3) is 44.8 Å². The summed E-state index contributed by atoms with van der Waals surface area (Å²) in [6.07, 6.45) is 11.2. The van der Waals surface area contributed by atoms with Gasteiger partial charge in [-0.05, 0) is 112 Å². The number of ether oxygens (including phenoxy) is 2. The summed E-state index contributed by atoms with van der Waals surface area (Å²) in [5.74, 6) is 1.58. The Morgan fingerprint density at radius 3 is 1.48 bits per heavy atom. The monoisotopic (exact) mass is 937 g/mol. The first-order valence-electron chi connectivity index (χ1n) is 25.0. The third kappa shape index (κ3) is 9.26. The number of H-pyrrole nitrogens is 2. The first-order chi connectivity index (χ1) is 33.2. The van der Waals surface area contributed by atoms with Crippen molar-refractivity contribution in [3.05, 3.63) is 95.8 Å². The Labute approximate surface area is 405 Å². The molecule has 0 radical (unpaired) electrons. The number of imidazole rings is 2. The molecule has 14 nitrogen and oxygen atoms in total. The highest BCUT2D eigenvalue weighted by Gasteiger charge is 2.45. The lowest BCUT2D eigenvalue weighted by atomic mass is 9.76. The van der Waals surface area contributed by atoms with Crippen LogP contribution in [0.3, 0.4) is 0 Å². The number of nitrogens with one attached hydrogen (secondary N) is 4. The Bertz CT molecular complexity index is 2680. The molecule has 6 unspecified atom stereocenters. The van der Waals surface area contributed by atoms with E-state index in [1.165, 1.54) is 79.7 Å². The number of carbonyl (C=O) groups excluding carboxylic acids is 4. The van der Waals surface area contributed by atoms with Gasteiger partial charge in [-0.2, -0.15) is 0 Å². The zero-order valence-electron chi connectivity index (χ0n) is 41.4. The van der Waals surface area contributed by atoms with Crippen LogP contribution in [0.15, 0.2) is 73.1 Å². The number of hydrogen-bond donors (Lipinski definition) is 4. The van der Waals surface area contributed by atoms with Gasteiger partial charge in [0, 0.05) is 13.1 Å². The van der Waals surface area contributed by atoms with Gasteiger partial charge in [-0.3, -0.25) is 9.59 Å². The highest BCUT2D eigenvalue weighted by molar-refractivity contribution is 5.87. The minimum atomic E-state index is -0.697. The maximum Gasteiger partial charge on any atom is 0.407 e. The molecule has 3 fully saturated rings. The van der Waals surface area contributed by atoms with Crippen molar-refractivity contribution in [1.82, 2.24) is 40.4 Å². The number of aromatic amines is 2. The number of nitrogens with zero attached hydrogens (tertiary/aromatic N) is 4. The van der Waals surface area contributed by atoms with Crippen LogP contribution >= 0.6 is 0 Å². The predicted molar refractivity (Wildman–Crippen MR) is 266 cm³/mol. The average molecular weight is 937 g/mol. The third-order valence-electron chi connectivity index (χ3n) is 15.5. The van der Waals surface area contributed by atoms with E-state index in [0.717, 1.165) is 53.4 Å². The molecule has 3 aromatic carbocycles. The number of benzene rings is 3. The second-order valence-corrected chi connectivity index (χ2v) is 20.9. The van der Waals surface area contributed by atoms with Crippen LogP contribution in [-0.4, -0.2) is 93.1 Å². The molecule has 2 aliphatic heterocycles. The maximum atomic E-state index is 13.9. The molecular weight excluding hydrogens is 869 g/mol. The fraction of sp³-hybridized carbons (Fsp3) is 0.491. The molecule has 1 spiro atoms. The van der Waals surface area contributed by atoms with Crippen molar-refractivity contribution < 1.29 is 28.7 Å². The van der Waals surface area contributed by atoms with E-state index in [2.05, 4.69) is 95.1 Å². The zero-order chi connectivity index (χ0) is 48.7. The summed E-state index contributed by atoms with van der Waals surface area (Å²) in [6, 6.07) is 20.4. The molecule has 4 amide bonds. The van der Waals surface area contributed by atoms with E-state index in [0.29, 0.717) is 13.1 Å². The second-order valence-electron chi connectivity index (χ2n) is 20.9. The van der Waals surface area contributed by atoms with Crippen molar-refractivity contribution in [2.24, 2.45) is 23.7 Å². The van der Waals surface area contributed by atoms with Crippen LogP contribution in [0, 0.1) is 23.7 Å². The van der Waals surface area contributed by atoms with E-state index >= 15 is 0 Å². The van der Waals surface area contributed by atoms with Gasteiger partial charge in [0.1, 0.15) is 23.7 Å². The smallest absolute Gasteiger partial charge is 0.407 e. The highest BCUT2D eigenvalue weighted by Crippen LogP contribution is 2.55. The second kappa shape index (κ2) is 19.5. The summed E-state index contributed by atoms with van der Waals surface area (Å²) in [4.78, 5) is 72.5. The molecule has 4 N–H and O–H groups in total. The number of aromatic nitrogens is 4. The number of hydrogen-bond acceptors (Lipinski definition) is 8. The lowest BCUT2D eigenvalue weighted by Gasteiger charge is -2.30. The number of methoxy groups -OCH3 is 2. The fourth-order valence-corrected chi connectivity index (χ4v) is 11.9. The first-order valence-corrected chi connectivity index (χ1v) is 25.0. The van der Waals surface area contributed by atoms with Gasteiger partial charge in [0.05, 0.1) is 50.1 Å². The minimum absolute atomic E-state index is 0.111. The molecule has 364 valence electrons. The van der Waals surface area contributed by atoms with Gasteiger partial charge >= 0.3 is 12.2 Å². The number of alkyl carbamates (subject to hydrolysis) is 2. The lowest BCUT2D eigenvalue weighted by molar-refractivity contribution is -0.136. The van der Waals surface area contributed by atoms with Crippen LogP contribution < -0.4 is 10.6 Å². The Kier molecular flexibility index (Phi) is 13.5. The van der Waals surface area contributed by atoms with Crippen molar-refractivity contribution in [2.45, 2.75) is 122 Å². The third-order valence-corrected chi connectivity index (χ3v) is 15.5. The van der Waals surface area contributed by atoms with E-state index in [1.54, 1.807) is 0 Å². The molecule has 69 heavy (non-hydrogen) atoms. The topological polar surface area (TPSA) is 175 Å². The van der Waals surface area contributed by atoms with Gasteiger partial charge in [-0.25, -0.2) is 19.6 Å². The molecule has 4 heterocycles. The largest absolute Gasteiger partial charge is 0.453 e. The number of likely N-dealkylation sites (tertiary alicyclic amines) is 2. The van der Waals surface area contributed by atoms with Crippen LogP contribution in [-0.2, 0) is 30.9 Å². The average Bonchev–Trinajstić information content (AvgIpc) is 4.23. The standard InChI is InChI=1S/C55H68N8O6/c1-31(2)47(60-53(66)68-7)51(64)62-29-33(5)25-44(62)49-56-27-42(58-49)37-15-11-35(12-16-37)39-19-20-40(46-41(39)21-24-55(46)22-9-10-23-55)36-13-17-38(18-14-36)43-28-57-50(59-43)45-26-34(6)30-63(45)52(65)48(32(3)4)61-54(67)69-8/h11-20,27-28,31-34,44-45,47-48H,9-10,21-26,29-30H2,1-8H3,(H,56,58)(H,57,59)(H,60,66)(H,61,67). The maximum absolute atomic E-state index is 13.9. The molecular formula is C55H68N8O6. The van der Waals surface area contributed by atoms with E-state index in [-0.39, 0.29) is 53.0 Å². The minimum Gasteiger partial charge on any atom is -0.453 e. The van der Waals surface area contributed by atoms with Gasteiger partial charge in [-0.15, -0.1) is 0 Å². The molecule has 4 aliphatic rings. The van der Waals surface area contributed by atoms with E-state index in [1.807, 2.05) is 49.9 Å². The Morgan fingerprint density at radius 1 is 0.623 bits per heavy atom. The summed E-state index contributed by atoms with van der Waals surface area (Å²) >= 11 is 0. The molecule has 14 heteroatoms. The quantitative estimate of drug-likeness (QED) is 0.0956. The Morgan fingerprint density at radius 2 is 1.04 bits per heavy atom. The molecule has 2 saturated heterocycles. The summed E-state index contributed by atoms with van der Waals surface area (Å²) in [5, 5.41) is 5.49. The molecule has 2 aliphatic carbocycles. The molecule has 6 atom stereocenters. The molecule has 5 aromatic rings. The van der Waals surface area contributed by atoms with Crippen molar-refractivity contribution >= 4 is 24.0 Å². The number of carbonyl (C=O) groups is 4. The van der Waals surface area contributed by atoms with Crippen molar-refractivity contribution in [3.63, 3.8) is 0 Å². The van der Waals surface area contributed by atoms with Crippen molar-refractivity contribution in [2.75, 3.05) is 27.3 Å². The van der Waals surface area contributed by atoms with Gasteiger partial charge in [0.2, 0.25) is 11.8 Å². The van der Waals surface area contributed by atoms with E-state index in [4.69, 9.17) is 19.4 Å².